The van der Waals surface area contributed by atoms with Crippen molar-refractivity contribution >= 4 is 17.9 Å². The van der Waals surface area contributed by atoms with Gasteiger partial charge in [-0.05, 0) is 103 Å². The Balaban J connectivity index is 4.49. The van der Waals surface area contributed by atoms with E-state index in [0.717, 1.165) is 128 Å². The van der Waals surface area contributed by atoms with Crippen molar-refractivity contribution in [1.29, 1.82) is 0 Å². The fraction of sp³-hybridized carbons (Fsp3) is 0.629. The topological polar surface area (TPSA) is 78.9 Å². The zero-order valence-corrected chi connectivity index (χ0v) is 43.8. The van der Waals surface area contributed by atoms with Crippen LogP contribution in [0.5, 0.6) is 0 Å². The molecule has 0 N–H and O–H groups in total. The van der Waals surface area contributed by atoms with Gasteiger partial charge in [-0.3, -0.25) is 14.4 Å². The Bertz CT molecular complexity index is 1450. The lowest BCUT2D eigenvalue weighted by Crippen LogP contribution is -2.30. The van der Waals surface area contributed by atoms with Gasteiger partial charge in [-0.15, -0.1) is 0 Å². The van der Waals surface area contributed by atoms with Crippen LogP contribution in [0.4, 0.5) is 0 Å². The Morgan fingerprint density at radius 2 is 0.588 bits per heavy atom. The lowest BCUT2D eigenvalue weighted by molar-refractivity contribution is -0.167. The summed E-state index contributed by atoms with van der Waals surface area (Å²) in [5.41, 5.74) is 0. The number of ether oxygens (including phenoxy) is 3. The first-order valence-corrected chi connectivity index (χ1v) is 27.5. The van der Waals surface area contributed by atoms with Gasteiger partial charge in [0.25, 0.3) is 0 Å². The Hall–Kier alpha value is -4.19. The maximum absolute atomic E-state index is 12.8. The van der Waals surface area contributed by atoms with Gasteiger partial charge in [-0.25, -0.2) is 0 Å². The molecule has 0 spiro atoms. The molecule has 0 aromatic carbocycles. The van der Waals surface area contributed by atoms with Gasteiger partial charge in [0.2, 0.25) is 0 Å². The van der Waals surface area contributed by atoms with Crippen molar-refractivity contribution in [2.45, 2.75) is 239 Å². The van der Waals surface area contributed by atoms with E-state index in [0.29, 0.717) is 19.3 Å². The Labute approximate surface area is 418 Å². The van der Waals surface area contributed by atoms with Crippen molar-refractivity contribution in [3.63, 3.8) is 0 Å². The van der Waals surface area contributed by atoms with E-state index < -0.39 is 6.10 Å². The Morgan fingerprint density at radius 1 is 0.309 bits per heavy atom. The third-order valence-corrected chi connectivity index (χ3v) is 11.2. The smallest absolute Gasteiger partial charge is 0.306 e. The van der Waals surface area contributed by atoms with E-state index in [-0.39, 0.29) is 37.5 Å². The second kappa shape index (κ2) is 55.4. The minimum absolute atomic E-state index is 0.105. The predicted octanol–water partition coefficient (Wildman–Crippen LogP) is 18.5. The van der Waals surface area contributed by atoms with E-state index in [4.69, 9.17) is 14.2 Å². The van der Waals surface area contributed by atoms with Crippen LogP contribution in [0.15, 0.2) is 122 Å². The third-order valence-electron chi connectivity index (χ3n) is 11.2. The molecule has 0 saturated heterocycles. The molecule has 6 nitrogen and oxygen atoms in total. The second-order valence-electron chi connectivity index (χ2n) is 17.7. The van der Waals surface area contributed by atoms with E-state index >= 15 is 0 Å². The van der Waals surface area contributed by atoms with Gasteiger partial charge in [0, 0.05) is 19.3 Å². The molecule has 0 aliphatic heterocycles. The molecule has 0 radical (unpaired) electrons. The summed E-state index contributed by atoms with van der Waals surface area (Å²) in [5, 5.41) is 0. The van der Waals surface area contributed by atoms with E-state index in [1.807, 2.05) is 0 Å². The fourth-order valence-corrected chi connectivity index (χ4v) is 7.15. The molecule has 0 aliphatic rings. The first-order valence-electron chi connectivity index (χ1n) is 27.5. The summed E-state index contributed by atoms with van der Waals surface area (Å²) >= 11 is 0. The van der Waals surface area contributed by atoms with Gasteiger partial charge in [0.05, 0.1) is 0 Å². The summed E-state index contributed by atoms with van der Waals surface area (Å²) in [4.78, 5) is 38.0. The molecule has 6 heteroatoms. The highest BCUT2D eigenvalue weighted by Gasteiger charge is 2.19. The highest BCUT2D eigenvalue weighted by Crippen LogP contribution is 2.14. The number of rotatable bonds is 48. The molecule has 1 atom stereocenters. The number of esters is 3. The third kappa shape index (κ3) is 52.8. The number of carbonyl (C=O) groups excluding carboxylic acids is 3. The molecule has 0 bridgehead atoms. The monoisotopic (exact) mass is 941 g/mol. The van der Waals surface area contributed by atoms with Gasteiger partial charge < -0.3 is 14.2 Å². The van der Waals surface area contributed by atoms with Gasteiger partial charge in [-0.2, -0.15) is 0 Å². The molecule has 0 saturated carbocycles. The highest BCUT2D eigenvalue weighted by atomic mass is 16.6. The second-order valence-corrected chi connectivity index (χ2v) is 17.7. The summed E-state index contributed by atoms with van der Waals surface area (Å²) in [5.74, 6) is -0.988. The van der Waals surface area contributed by atoms with Crippen molar-refractivity contribution in [3.8, 4) is 0 Å². The molecule has 0 aromatic rings. The van der Waals surface area contributed by atoms with Crippen molar-refractivity contribution in [1.82, 2.24) is 0 Å². The number of hydrogen-bond donors (Lipinski definition) is 0. The van der Waals surface area contributed by atoms with Gasteiger partial charge in [0.15, 0.2) is 6.10 Å². The fourth-order valence-electron chi connectivity index (χ4n) is 7.15. The van der Waals surface area contributed by atoms with Gasteiger partial charge in [-0.1, -0.05) is 232 Å². The SMILES string of the molecule is CC/C=C\C/C=C\C/C=C\C/C=C\C/C=C\C/C=C\C/C=C\CCCC(=O)OCC(COC(=O)CCCCCCCCCCCCCC)OC(=O)CCCCCCC/C=C\C/C=C\C/C=C\CC. The summed E-state index contributed by atoms with van der Waals surface area (Å²) in [7, 11) is 0. The minimum atomic E-state index is -0.812. The molecular weight excluding hydrogens is 841 g/mol. The Kier molecular flexibility index (Phi) is 52.0. The lowest BCUT2D eigenvalue weighted by atomic mass is 10.0. The maximum atomic E-state index is 12.8. The summed E-state index contributed by atoms with van der Waals surface area (Å²) in [6.45, 7) is 6.34. The quantitative estimate of drug-likeness (QED) is 0.0262. The standard InChI is InChI=1S/C62H100O6/c1-4-7-10-13-16-19-22-25-27-28-29-30-31-32-33-34-36-37-40-43-46-49-52-55-61(64)67-58-59(57-66-60(63)54-51-48-45-42-39-24-21-18-15-12-9-6-3)68-62(65)56-53-50-47-44-41-38-35-26-23-20-17-14-11-8-5-2/h7-8,10-11,16-17,19-20,25-27,29-30,32-33,35-37,43,46,59H,4-6,9,12-15,18,21-24,28,31,34,38-42,44-45,47-58H2,1-3H3/b10-7-,11-8-,19-16-,20-17-,27-25-,30-29-,33-32-,35-26-,37-36-,46-43-. The average Bonchev–Trinajstić information content (AvgIpc) is 3.34. The molecule has 0 aromatic heterocycles. The highest BCUT2D eigenvalue weighted by molar-refractivity contribution is 5.71. The van der Waals surface area contributed by atoms with Gasteiger partial charge >= 0.3 is 17.9 Å². The number of unbranched alkanes of at least 4 members (excludes halogenated alkanes) is 17. The van der Waals surface area contributed by atoms with Crippen LogP contribution in [-0.4, -0.2) is 37.2 Å². The Morgan fingerprint density at radius 3 is 0.956 bits per heavy atom. The maximum Gasteiger partial charge on any atom is 0.306 e. The molecular formula is C62H100O6. The van der Waals surface area contributed by atoms with Crippen LogP contribution in [-0.2, 0) is 28.6 Å². The molecule has 1 unspecified atom stereocenters. The van der Waals surface area contributed by atoms with Crippen LogP contribution in [0.25, 0.3) is 0 Å². The van der Waals surface area contributed by atoms with E-state index in [9.17, 15) is 14.4 Å². The van der Waals surface area contributed by atoms with Crippen molar-refractivity contribution in [2.24, 2.45) is 0 Å². The zero-order valence-electron chi connectivity index (χ0n) is 43.8. The van der Waals surface area contributed by atoms with E-state index in [1.54, 1.807) is 0 Å². The number of allylic oxidation sites excluding steroid dienone is 20. The van der Waals surface area contributed by atoms with Crippen LogP contribution in [0.2, 0.25) is 0 Å². The molecule has 0 heterocycles. The van der Waals surface area contributed by atoms with Crippen LogP contribution in [0.3, 0.4) is 0 Å². The number of hydrogen-bond acceptors (Lipinski definition) is 6. The summed E-state index contributed by atoms with van der Waals surface area (Å²) in [6, 6.07) is 0. The molecule has 0 rings (SSSR count). The molecule has 68 heavy (non-hydrogen) atoms. The normalized spacial score (nSPS) is 13.0. The van der Waals surface area contributed by atoms with Crippen molar-refractivity contribution < 1.29 is 28.6 Å². The average molecular weight is 941 g/mol. The van der Waals surface area contributed by atoms with Crippen LogP contribution in [0, 0.1) is 0 Å². The van der Waals surface area contributed by atoms with Crippen LogP contribution < -0.4 is 0 Å². The molecule has 384 valence electrons. The zero-order chi connectivity index (χ0) is 49.3. The first kappa shape index (κ1) is 63.8. The molecule has 0 fully saturated rings. The molecule has 0 amide bonds. The van der Waals surface area contributed by atoms with Crippen molar-refractivity contribution in [2.75, 3.05) is 13.2 Å². The van der Waals surface area contributed by atoms with E-state index in [2.05, 4.69) is 142 Å². The summed E-state index contributed by atoms with van der Waals surface area (Å²) in [6.07, 6.45) is 76.2. The first-order chi connectivity index (χ1) is 33.5. The van der Waals surface area contributed by atoms with Crippen molar-refractivity contribution in [3.05, 3.63) is 122 Å². The lowest BCUT2D eigenvalue weighted by Gasteiger charge is -2.18. The van der Waals surface area contributed by atoms with Gasteiger partial charge in [0.1, 0.15) is 13.2 Å². The minimum Gasteiger partial charge on any atom is -0.462 e. The summed E-state index contributed by atoms with van der Waals surface area (Å²) < 4.78 is 16.8. The largest absolute Gasteiger partial charge is 0.462 e. The number of carbonyl (C=O) groups is 3. The van der Waals surface area contributed by atoms with E-state index in [1.165, 1.54) is 57.8 Å². The van der Waals surface area contributed by atoms with Crippen LogP contribution >= 0.6 is 0 Å². The predicted molar refractivity (Wildman–Crippen MR) is 293 cm³/mol. The molecule has 0 aliphatic carbocycles. The van der Waals surface area contributed by atoms with Crippen LogP contribution in [0.1, 0.15) is 233 Å².